The van der Waals surface area contributed by atoms with Gasteiger partial charge in [0, 0.05) is 22.8 Å². The van der Waals surface area contributed by atoms with Gasteiger partial charge >= 0.3 is 0 Å². The first-order valence-electron chi connectivity index (χ1n) is 9.57. The van der Waals surface area contributed by atoms with E-state index in [1.54, 1.807) is 17.4 Å². The second-order valence-electron chi connectivity index (χ2n) is 7.90. The second-order valence-corrected chi connectivity index (χ2v) is 9.43. The lowest BCUT2D eigenvalue weighted by molar-refractivity contribution is 0.167. The van der Waals surface area contributed by atoms with Gasteiger partial charge in [0.15, 0.2) is 0 Å². The summed E-state index contributed by atoms with van der Waals surface area (Å²) in [7, 11) is 0. The Morgan fingerprint density at radius 1 is 1.25 bits per heavy atom. The quantitative estimate of drug-likeness (QED) is 0.492. The lowest BCUT2D eigenvalue weighted by Crippen LogP contribution is -2.38. The highest BCUT2D eigenvalue weighted by atomic mass is 35.5. The standard InChI is InChI=1S/C22H18ClFN2OS/c1-11-6-15(24)20-17-9-13-8-14(23)4-5-16(13)26(17)22(27-18(20)7-11)19-10-25-21(28-19)12-2-3-12/h4-8,10,12,17,22H,2-3,9H2,1H3/t17?,22-/m0/s1. The van der Waals surface area contributed by atoms with E-state index in [0.29, 0.717) is 22.3 Å². The average Bonchev–Trinajstić information content (AvgIpc) is 3.26. The molecule has 1 saturated carbocycles. The minimum absolute atomic E-state index is 0.103. The number of nitrogens with zero attached hydrogens (tertiary/aromatic N) is 2. The number of fused-ring (bicyclic) bond motifs is 5. The van der Waals surface area contributed by atoms with E-state index in [2.05, 4.69) is 9.88 Å². The van der Waals surface area contributed by atoms with Crippen LogP contribution in [0.2, 0.25) is 5.02 Å². The van der Waals surface area contributed by atoms with E-state index < -0.39 is 0 Å². The third kappa shape index (κ3) is 2.49. The number of halogens is 2. The lowest BCUT2D eigenvalue weighted by Gasteiger charge is -2.40. The first-order chi connectivity index (χ1) is 13.6. The molecule has 1 unspecified atom stereocenters. The molecule has 1 aliphatic carbocycles. The van der Waals surface area contributed by atoms with Gasteiger partial charge in [-0.3, -0.25) is 0 Å². The van der Waals surface area contributed by atoms with E-state index in [-0.39, 0.29) is 18.1 Å². The van der Waals surface area contributed by atoms with Gasteiger partial charge in [0.1, 0.15) is 11.6 Å². The SMILES string of the molecule is Cc1cc(F)c2c(c1)O[C@@H](c1cnc(C3CC3)s1)N1c3ccc(Cl)cc3CC21. The molecule has 0 radical (unpaired) electrons. The van der Waals surface area contributed by atoms with Gasteiger partial charge in [-0.1, -0.05) is 11.6 Å². The Hall–Kier alpha value is -2.11. The summed E-state index contributed by atoms with van der Waals surface area (Å²) in [6, 6.07) is 9.34. The molecule has 3 aliphatic rings. The minimum atomic E-state index is -0.300. The zero-order valence-electron chi connectivity index (χ0n) is 15.3. The maximum atomic E-state index is 15.0. The van der Waals surface area contributed by atoms with Gasteiger partial charge in [0.25, 0.3) is 0 Å². The number of hydrogen-bond donors (Lipinski definition) is 0. The number of aryl methyl sites for hydroxylation is 1. The minimum Gasteiger partial charge on any atom is -0.465 e. The molecule has 0 N–H and O–H groups in total. The number of hydrogen-bond acceptors (Lipinski definition) is 4. The van der Waals surface area contributed by atoms with Crippen LogP contribution in [0.5, 0.6) is 5.75 Å². The molecule has 6 heteroatoms. The Morgan fingerprint density at radius 3 is 2.93 bits per heavy atom. The van der Waals surface area contributed by atoms with Crippen molar-refractivity contribution in [3.63, 3.8) is 0 Å². The third-order valence-corrected chi connectivity index (χ3v) is 7.27. The van der Waals surface area contributed by atoms with Crippen molar-refractivity contribution in [2.45, 2.75) is 44.4 Å². The fourth-order valence-electron chi connectivity index (χ4n) is 4.42. The molecular formula is C22H18ClFN2OS. The molecule has 0 amide bonds. The van der Waals surface area contributed by atoms with Crippen LogP contribution in [0.25, 0.3) is 0 Å². The summed E-state index contributed by atoms with van der Waals surface area (Å²) in [5.74, 6) is 1.05. The number of anilines is 1. The molecular weight excluding hydrogens is 395 g/mol. The molecule has 28 heavy (non-hydrogen) atoms. The number of ether oxygens (including phenoxy) is 1. The van der Waals surface area contributed by atoms with Crippen molar-refractivity contribution in [2.24, 2.45) is 0 Å². The topological polar surface area (TPSA) is 25.4 Å². The second kappa shape index (κ2) is 5.94. The molecule has 2 aromatic carbocycles. The van der Waals surface area contributed by atoms with Gasteiger partial charge in [0.05, 0.1) is 21.5 Å². The van der Waals surface area contributed by atoms with E-state index in [0.717, 1.165) is 28.1 Å². The summed E-state index contributed by atoms with van der Waals surface area (Å²) in [5, 5.41) is 1.89. The lowest BCUT2D eigenvalue weighted by atomic mass is 9.97. The summed E-state index contributed by atoms with van der Waals surface area (Å²) >= 11 is 7.96. The molecule has 6 rings (SSSR count). The van der Waals surface area contributed by atoms with Crippen LogP contribution in [0, 0.1) is 12.7 Å². The summed E-state index contributed by atoms with van der Waals surface area (Å²) in [5.41, 5.74) is 3.70. The van der Waals surface area contributed by atoms with Crippen LogP contribution >= 0.6 is 22.9 Å². The molecule has 0 saturated heterocycles. The van der Waals surface area contributed by atoms with E-state index in [9.17, 15) is 4.39 Å². The zero-order chi connectivity index (χ0) is 19.0. The molecule has 142 valence electrons. The van der Waals surface area contributed by atoms with Crippen LogP contribution in [0.4, 0.5) is 10.1 Å². The van der Waals surface area contributed by atoms with Crippen LogP contribution in [0.15, 0.2) is 36.5 Å². The summed E-state index contributed by atoms with van der Waals surface area (Å²) < 4.78 is 21.4. The molecule has 2 atom stereocenters. The van der Waals surface area contributed by atoms with Crippen molar-refractivity contribution in [3.05, 3.63) is 73.9 Å². The molecule has 1 fully saturated rings. The Balaban J connectivity index is 1.52. The van der Waals surface area contributed by atoms with Gasteiger partial charge < -0.3 is 9.64 Å². The molecule has 1 aromatic heterocycles. The Labute approximate surface area is 171 Å². The fourth-order valence-corrected chi connectivity index (χ4v) is 5.74. The fraction of sp³-hybridized carbons (Fsp3) is 0.318. The molecule has 3 aromatic rings. The predicted octanol–water partition coefficient (Wildman–Crippen LogP) is 6.32. The van der Waals surface area contributed by atoms with Crippen LogP contribution in [-0.4, -0.2) is 4.98 Å². The average molecular weight is 413 g/mol. The van der Waals surface area contributed by atoms with Crippen molar-refractivity contribution >= 4 is 28.6 Å². The molecule has 3 heterocycles. The predicted molar refractivity (Wildman–Crippen MR) is 109 cm³/mol. The van der Waals surface area contributed by atoms with Crippen molar-refractivity contribution in [2.75, 3.05) is 4.90 Å². The highest BCUT2D eigenvalue weighted by Gasteiger charge is 2.44. The Kier molecular flexibility index (Phi) is 3.57. The number of aromatic nitrogens is 1. The van der Waals surface area contributed by atoms with Crippen LogP contribution in [0.3, 0.4) is 0 Å². The summed E-state index contributed by atoms with van der Waals surface area (Å²) in [4.78, 5) is 7.92. The van der Waals surface area contributed by atoms with Crippen molar-refractivity contribution in [1.29, 1.82) is 0 Å². The number of benzene rings is 2. The van der Waals surface area contributed by atoms with Gasteiger partial charge in [-0.25, -0.2) is 9.37 Å². The highest BCUT2D eigenvalue weighted by Crippen LogP contribution is 2.54. The van der Waals surface area contributed by atoms with Crippen molar-refractivity contribution < 1.29 is 9.13 Å². The van der Waals surface area contributed by atoms with Gasteiger partial charge in [-0.2, -0.15) is 0 Å². The zero-order valence-corrected chi connectivity index (χ0v) is 16.9. The van der Waals surface area contributed by atoms with Gasteiger partial charge in [-0.05, 0) is 67.6 Å². The van der Waals surface area contributed by atoms with Crippen LogP contribution < -0.4 is 9.64 Å². The molecule has 3 nitrogen and oxygen atoms in total. The van der Waals surface area contributed by atoms with E-state index in [4.69, 9.17) is 16.3 Å². The van der Waals surface area contributed by atoms with E-state index in [1.165, 1.54) is 17.8 Å². The Bertz CT molecular complexity index is 1110. The van der Waals surface area contributed by atoms with Gasteiger partial charge in [0.2, 0.25) is 6.23 Å². The first kappa shape index (κ1) is 16.8. The highest BCUT2D eigenvalue weighted by molar-refractivity contribution is 7.11. The van der Waals surface area contributed by atoms with Crippen molar-refractivity contribution in [1.82, 2.24) is 4.98 Å². The maximum absolute atomic E-state index is 15.0. The normalized spacial score (nSPS) is 22.5. The smallest absolute Gasteiger partial charge is 0.210 e. The molecule has 0 spiro atoms. The summed E-state index contributed by atoms with van der Waals surface area (Å²) in [6.45, 7) is 1.90. The van der Waals surface area contributed by atoms with Crippen LogP contribution in [-0.2, 0) is 6.42 Å². The van der Waals surface area contributed by atoms with E-state index >= 15 is 0 Å². The number of thiazole rings is 1. The Morgan fingerprint density at radius 2 is 2.11 bits per heavy atom. The van der Waals surface area contributed by atoms with E-state index in [1.807, 2.05) is 37.4 Å². The first-order valence-corrected chi connectivity index (χ1v) is 10.8. The largest absolute Gasteiger partial charge is 0.465 e. The van der Waals surface area contributed by atoms with Crippen molar-refractivity contribution in [3.8, 4) is 5.75 Å². The summed E-state index contributed by atoms with van der Waals surface area (Å²) in [6.07, 6.45) is 4.80. The van der Waals surface area contributed by atoms with Gasteiger partial charge in [-0.15, -0.1) is 11.3 Å². The third-order valence-electron chi connectivity index (χ3n) is 5.84. The monoisotopic (exact) mass is 412 g/mol. The molecule has 2 aliphatic heterocycles. The van der Waals surface area contributed by atoms with Crippen LogP contribution in [0.1, 0.15) is 57.6 Å². The number of rotatable bonds is 2. The maximum Gasteiger partial charge on any atom is 0.210 e. The molecule has 0 bridgehead atoms.